The van der Waals surface area contributed by atoms with Crippen LogP contribution in [0.5, 0.6) is 0 Å². The average Bonchev–Trinajstić information content (AvgIpc) is 3.11. The topological polar surface area (TPSA) is 74.8 Å². The predicted octanol–water partition coefficient (Wildman–Crippen LogP) is 1.03. The van der Waals surface area contributed by atoms with Crippen molar-refractivity contribution < 1.29 is 13.6 Å². The fraction of sp³-hybridized carbons (Fsp3) is 0.545. The maximum atomic E-state index is 12.3. The first-order valence-corrected chi connectivity index (χ1v) is 5.67. The molecule has 98 valence electrons. The van der Waals surface area contributed by atoms with Crippen molar-refractivity contribution in [3.8, 4) is 0 Å². The van der Waals surface area contributed by atoms with E-state index in [-0.39, 0.29) is 11.6 Å². The van der Waals surface area contributed by atoms with Gasteiger partial charge in [0.25, 0.3) is 17.9 Å². The SMILES string of the molecule is CC(NC(=O)c1cc(=O)[nH]c(C2CC2)n1)C(F)F. The smallest absolute Gasteiger partial charge is 0.270 e. The molecule has 1 aromatic heterocycles. The van der Waals surface area contributed by atoms with E-state index in [0.29, 0.717) is 5.82 Å². The third kappa shape index (κ3) is 2.91. The number of H-pyrrole nitrogens is 1. The molecule has 7 heteroatoms. The number of carbonyl (C=O) groups is 1. The molecule has 1 aliphatic carbocycles. The molecule has 5 nitrogen and oxygen atoms in total. The monoisotopic (exact) mass is 257 g/mol. The molecule has 2 rings (SSSR count). The molecule has 18 heavy (non-hydrogen) atoms. The minimum absolute atomic E-state index is 0.117. The van der Waals surface area contributed by atoms with Gasteiger partial charge in [-0.3, -0.25) is 9.59 Å². The molecule has 1 fully saturated rings. The molecule has 1 heterocycles. The van der Waals surface area contributed by atoms with Gasteiger partial charge in [0.2, 0.25) is 0 Å². The number of nitrogens with zero attached hydrogens (tertiary/aromatic N) is 1. The number of hydrogen-bond acceptors (Lipinski definition) is 3. The molecule has 1 aliphatic rings. The average molecular weight is 257 g/mol. The Kier molecular flexibility index (Phi) is 3.40. The van der Waals surface area contributed by atoms with Crippen molar-refractivity contribution in [3.05, 3.63) is 27.9 Å². The van der Waals surface area contributed by atoms with Crippen LogP contribution in [0.1, 0.15) is 42.0 Å². The summed E-state index contributed by atoms with van der Waals surface area (Å²) in [5.74, 6) is -0.119. The second-order valence-corrected chi connectivity index (χ2v) is 4.39. The molecule has 1 atom stereocenters. The molecular weight excluding hydrogens is 244 g/mol. The molecule has 0 spiro atoms. The Labute approximate surface area is 102 Å². The Balaban J connectivity index is 2.17. The fourth-order valence-electron chi connectivity index (χ4n) is 1.49. The van der Waals surface area contributed by atoms with Gasteiger partial charge in [-0.25, -0.2) is 13.8 Å². The zero-order chi connectivity index (χ0) is 13.3. The van der Waals surface area contributed by atoms with Gasteiger partial charge in [0, 0.05) is 12.0 Å². The van der Waals surface area contributed by atoms with Gasteiger partial charge in [-0.15, -0.1) is 0 Å². The normalized spacial score (nSPS) is 16.7. The van der Waals surface area contributed by atoms with Crippen molar-refractivity contribution in [3.63, 3.8) is 0 Å². The van der Waals surface area contributed by atoms with Gasteiger partial charge in [-0.1, -0.05) is 0 Å². The Bertz CT molecular complexity index is 511. The molecule has 1 unspecified atom stereocenters. The van der Waals surface area contributed by atoms with E-state index in [4.69, 9.17) is 0 Å². The lowest BCUT2D eigenvalue weighted by Gasteiger charge is -2.12. The summed E-state index contributed by atoms with van der Waals surface area (Å²) in [4.78, 5) is 29.5. The summed E-state index contributed by atoms with van der Waals surface area (Å²) < 4.78 is 24.6. The lowest BCUT2D eigenvalue weighted by molar-refractivity contribution is 0.0775. The number of hydrogen-bond donors (Lipinski definition) is 2. The van der Waals surface area contributed by atoms with Crippen LogP contribution in [-0.2, 0) is 0 Å². The van der Waals surface area contributed by atoms with Gasteiger partial charge in [0.15, 0.2) is 0 Å². The number of amides is 1. The second kappa shape index (κ2) is 4.83. The molecule has 0 aliphatic heterocycles. The Morgan fingerprint density at radius 2 is 2.22 bits per heavy atom. The van der Waals surface area contributed by atoms with Crippen molar-refractivity contribution in [1.29, 1.82) is 0 Å². The third-order valence-corrected chi connectivity index (χ3v) is 2.69. The Morgan fingerprint density at radius 1 is 1.56 bits per heavy atom. The first kappa shape index (κ1) is 12.7. The van der Waals surface area contributed by atoms with Gasteiger partial charge >= 0.3 is 0 Å². The van der Waals surface area contributed by atoms with E-state index in [9.17, 15) is 18.4 Å². The van der Waals surface area contributed by atoms with Gasteiger partial charge < -0.3 is 10.3 Å². The highest BCUT2D eigenvalue weighted by Gasteiger charge is 2.27. The summed E-state index contributed by atoms with van der Waals surface area (Å²) in [5, 5.41) is 2.11. The van der Waals surface area contributed by atoms with Crippen LogP contribution in [-0.4, -0.2) is 28.3 Å². The molecule has 2 N–H and O–H groups in total. The number of rotatable bonds is 4. The van der Waals surface area contributed by atoms with Crippen LogP contribution in [0.15, 0.2) is 10.9 Å². The number of halogens is 2. The first-order valence-electron chi connectivity index (χ1n) is 5.67. The van der Waals surface area contributed by atoms with E-state index in [1.54, 1.807) is 0 Å². The minimum Gasteiger partial charge on any atom is -0.342 e. The molecule has 0 bridgehead atoms. The fourth-order valence-corrected chi connectivity index (χ4v) is 1.49. The molecule has 0 saturated heterocycles. The molecule has 1 saturated carbocycles. The van der Waals surface area contributed by atoms with Crippen LogP contribution in [0.2, 0.25) is 0 Å². The first-order chi connectivity index (χ1) is 8.47. The maximum absolute atomic E-state index is 12.3. The lowest BCUT2D eigenvalue weighted by atomic mass is 10.3. The summed E-state index contributed by atoms with van der Waals surface area (Å²) in [7, 11) is 0. The van der Waals surface area contributed by atoms with E-state index in [0.717, 1.165) is 18.9 Å². The highest BCUT2D eigenvalue weighted by Crippen LogP contribution is 2.37. The van der Waals surface area contributed by atoms with Gasteiger partial charge in [-0.05, 0) is 19.8 Å². The predicted molar refractivity (Wildman–Crippen MR) is 59.8 cm³/mol. The highest BCUT2D eigenvalue weighted by molar-refractivity contribution is 5.92. The zero-order valence-corrected chi connectivity index (χ0v) is 9.74. The van der Waals surface area contributed by atoms with E-state index < -0.39 is 23.9 Å². The summed E-state index contributed by atoms with van der Waals surface area (Å²) in [6.07, 6.45) is -0.818. The van der Waals surface area contributed by atoms with Crippen molar-refractivity contribution in [2.45, 2.75) is 38.2 Å². The van der Waals surface area contributed by atoms with Crippen LogP contribution in [0.3, 0.4) is 0 Å². The lowest BCUT2D eigenvalue weighted by Crippen LogP contribution is -2.38. The van der Waals surface area contributed by atoms with Crippen molar-refractivity contribution >= 4 is 5.91 Å². The second-order valence-electron chi connectivity index (χ2n) is 4.39. The quantitative estimate of drug-likeness (QED) is 0.846. The van der Waals surface area contributed by atoms with Crippen LogP contribution in [0, 0.1) is 0 Å². The number of aromatic amines is 1. The number of aromatic nitrogens is 2. The van der Waals surface area contributed by atoms with Crippen molar-refractivity contribution in [2.24, 2.45) is 0 Å². The zero-order valence-electron chi connectivity index (χ0n) is 9.74. The number of carbonyl (C=O) groups excluding carboxylic acids is 1. The Hall–Kier alpha value is -1.79. The maximum Gasteiger partial charge on any atom is 0.270 e. The van der Waals surface area contributed by atoms with Crippen molar-refractivity contribution in [1.82, 2.24) is 15.3 Å². The minimum atomic E-state index is -2.65. The van der Waals surface area contributed by atoms with E-state index in [2.05, 4.69) is 15.3 Å². The van der Waals surface area contributed by atoms with Crippen LogP contribution < -0.4 is 10.9 Å². The highest BCUT2D eigenvalue weighted by atomic mass is 19.3. The summed E-state index contributed by atoms with van der Waals surface area (Å²) >= 11 is 0. The van der Waals surface area contributed by atoms with E-state index in [1.165, 1.54) is 6.92 Å². The molecule has 0 aromatic carbocycles. The van der Waals surface area contributed by atoms with Crippen LogP contribution >= 0.6 is 0 Å². The number of nitrogens with one attached hydrogen (secondary N) is 2. The number of alkyl halides is 2. The Morgan fingerprint density at radius 3 is 2.78 bits per heavy atom. The van der Waals surface area contributed by atoms with E-state index >= 15 is 0 Å². The van der Waals surface area contributed by atoms with Gasteiger partial charge in [0.05, 0.1) is 6.04 Å². The summed E-state index contributed by atoms with van der Waals surface area (Å²) in [6, 6.07) is -0.262. The molecule has 0 radical (unpaired) electrons. The van der Waals surface area contributed by atoms with Crippen LogP contribution in [0.25, 0.3) is 0 Å². The summed E-state index contributed by atoms with van der Waals surface area (Å²) in [6.45, 7) is 1.19. The molecular formula is C11H13F2N3O2. The largest absolute Gasteiger partial charge is 0.342 e. The third-order valence-electron chi connectivity index (χ3n) is 2.69. The van der Waals surface area contributed by atoms with Crippen LogP contribution in [0.4, 0.5) is 8.78 Å². The molecule has 1 aromatic rings. The van der Waals surface area contributed by atoms with E-state index in [1.807, 2.05) is 0 Å². The van der Waals surface area contributed by atoms with Gasteiger partial charge in [0.1, 0.15) is 11.5 Å². The standard InChI is InChI=1S/C11H13F2N3O2/c1-5(9(12)13)14-11(18)7-4-8(17)16-10(15-7)6-2-3-6/h4-6,9H,2-3H2,1H3,(H,14,18)(H,15,16,17). The van der Waals surface area contributed by atoms with Crippen molar-refractivity contribution in [2.75, 3.05) is 0 Å². The summed E-state index contributed by atoms with van der Waals surface area (Å²) in [5.41, 5.74) is -0.560. The molecule has 1 amide bonds. The van der Waals surface area contributed by atoms with Gasteiger partial charge in [-0.2, -0.15) is 0 Å².